The Balaban J connectivity index is 1.40. The number of aliphatic hydroxyl groups is 1. The second-order valence-corrected chi connectivity index (χ2v) is 11.0. The maximum absolute atomic E-state index is 13.4. The summed E-state index contributed by atoms with van der Waals surface area (Å²) in [5.74, 6) is 0.0602. The average Bonchev–Trinajstić information content (AvgIpc) is 3.51. The Labute approximate surface area is 231 Å². The number of piperidine rings is 1. The number of hydrogen-bond donors (Lipinski definition) is 1. The van der Waals surface area contributed by atoms with Gasteiger partial charge in [-0.05, 0) is 65.7 Å². The molecule has 0 spiro atoms. The number of hydrogen-bond acceptors (Lipinski definition) is 8. The second kappa shape index (κ2) is 10.8. The van der Waals surface area contributed by atoms with E-state index in [4.69, 9.17) is 9.47 Å². The maximum Gasteiger partial charge on any atom is 0.410 e. The minimum absolute atomic E-state index is 0.0923. The molecule has 212 valence electrons. The fourth-order valence-corrected chi connectivity index (χ4v) is 4.93. The molecule has 5 heterocycles. The van der Waals surface area contributed by atoms with Crippen LogP contribution in [0.3, 0.4) is 0 Å². The lowest BCUT2D eigenvalue weighted by Gasteiger charge is -2.33. The lowest BCUT2D eigenvalue weighted by molar-refractivity contribution is 0.0183. The van der Waals surface area contributed by atoms with E-state index in [1.165, 1.54) is 6.07 Å². The number of aromatic nitrogens is 6. The van der Waals surface area contributed by atoms with Crippen LogP contribution >= 0.6 is 0 Å². The van der Waals surface area contributed by atoms with Crippen LogP contribution < -0.4 is 4.74 Å². The van der Waals surface area contributed by atoms with Crippen molar-refractivity contribution >= 4 is 11.6 Å². The van der Waals surface area contributed by atoms with Crippen LogP contribution in [0.15, 0.2) is 36.8 Å². The van der Waals surface area contributed by atoms with E-state index in [2.05, 4.69) is 20.4 Å². The number of carbonyl (C=O) groups excluding carboxylic acids is 1. The van der Waals surface area contributed by atoms with Crippen LogP contribution in [0.4, 0.5) is 9.18 Å². The molecular weight excluding hydrogens is 517 g/mol. The Morgan fingerprint density at radius 3 is 2.62 bits per heavy atom. The van der Waals surface area contributed by atoms with Crippen molar-refractivity contribution in [1.82, 2.24) is 34.5 Å². The zero-order chi connectivity index (χ0) is 28.6. The highest BCUT2D eigenvalue weighted by Crippen LogP contribution is 2.34. The van der Waals surface area contributed by atoms with Crippen LogP contribution in [0.1, 0.15) is 69.6 Å². The maximum atomic E-state index is 13.4. The summed E-state index contributed by atoms with van der Waals surface area (Å²) < 4.78 is 28.8. The van der Waals surface area contributed by atoms with Gasteiger partial charge in [0.15, 0.2) is 0 Å². The number of halogens is 1. The van der Waals surface area contributed by atoms with Crippen molar-refractivity contribution in [1.29, 1.82) is 0 Å². The number of fused-ring (bicyclic) bond motifs is 1. The summed E-state index contributed by atoms with van der Waals surface area (Å²) in [6.07, 6.45) is 5.25. The molecule has 1 aliphatic rings. The van der Waals surface area contributed by atoms with Crippen LogP contribution in [-0.2, 0) is 11.3 Å². The first-order valence-corrected chi connectivity index (χ1v) is 13.3. The van der Waals surface area contributed by atoms with E-state index >= 15 is 0 Å². The Morgan fingerprint density at radius 2 is 1.98 bits per heavy atom. The molecule has 1 fully saturated rings. The standard InChI is InChI=1S/C28H34FN7O4/c1-17-25(32-33-36(17)22-8-10-34(11-9-22)27(38)40-28(3,4)5)19-12-24(26-20(16-37)13-31-35(26)15-19)39-18(2)23-7-6-21(29)14-30-23/h6-7,12-15,18,22,37H,8-11,16H2,1-5H3/t18-/m1/s1. The van der Waals surface area contributed by atoms with Gasteiger partial charge in [-0.2, -0.15) is 5.10 Å². The van der Waals surface area contributed by atoms with Crippen molar-refractivity contribution in [2.75, 3.05) is 13.1 Å². The van der Waals surface area contributed by atoms with Crippen LogP contribution in [0.5, 0.6) is 5.75 Å². The molecule has 0 radical (unpaired) electrons. The number of ether oxygens (including phenoxy) is 2. The molecule has 0 saturated carbocycles. The topological polar surface area (TPSA) is 120 Å². The molecule has 0 aromatic carbocycles. The van der Waals surface area contributed by atoms with Gasteiger partial charge < -0.3 is 19.5 Å². The van der Waals surface area contributed by atoms with Gasteiger partial charge in [-0.15, -0.1) is 5.10 Å². The molecule has 0 bridgehead atoms. The quantitative estimate of drug-likeness (QED) is 0.368. The van der Waals surface area contributed by atoms with Gasteiger partial charge in [-0.25, -0.2) is 18.4 Å². The number of pyridine rings is 2. The summed E-state index contributed by atoms with van der Waals surface area (Å²) in [5, 5.41) is 23.3. The third-order valence-electron chi connectivity index (χ3n) is 6.96. The van der Waals surface area contributed by atoms with Gasteiger partial charge in [-0.1, -0.05) is 5.21 Å². The highest BCUT2D eigenvalue weighted by atomic mass is 19.1. The number of nitrogens with zero attached hydrogens (tertiary/aromatic N) is 7. The monoisotopic (exact) mass is 551 g/mol. The Hall–Kier alpha value is -4.06. The first-order chi connectivity index (χ1) is 19.0. The van der Waals surface area contributed by atoms with Crippen LogP contribution in [0.25, 0.3) is 16.8 Å². The van der Waals surface area contributed by atoms with E-state index in [0.29, 0.717) is 41.3 Å². The van der Waals surface area contributed by atoms with E-state index in [0.717, 1.165) is 30.3 Å². The first-order valence-electron chi connectivity index (χ1n) is 13.3. The van der Waals surface area contributed by atoms with E-state index in [1.54, 1.807) is 21.7 Å². The largest absolute Gasteiger partial charge is 0.482 e. The SMILES string of the molecule is Cc1c(-c2cc(O[C@H](C)c3ccc(F)cn3)c3c(CO)cnn3c2)nnn1C1CCN(C(=O)OC(C)(C)C)CC1. The van der Waals surface area contributed by atoms with Crippen molar-refractivity contribution in [2.24, 2.45) is 0 Å². The molecule has 12 heteroatoms. The second-order valence-electron chi connectivity index (χ2n) is 11.0. The molecule has 40 heavy (non-hydrogen) atoms. The third-order valence-corrected chi connectivity index (χ3v) is 6.96. The molecule has 1 N–H and O–H groups in total. The van der Waals surface area contributed by atoms with Crippen LogP contribution in [0, 0.1) is 12.7 Å². The first kappa shape index (κ1) is 27.5. The normalized spacial score (nSPS) is 15.4. The van der Waals surface area contributed by atoms with E-state index in [9.17, 15) is 14.3 Å². The summed E-state index contributed by atoms with van der Waals surface area (Å²) in [4.78, 5) is 18.3. The zero-order valence-corrected chi connectivity index (χ0v) is 23.3. The molecule has 1 amide bonds. The minimum Gasteiger partial charge on any atom is -0.482 e. The number of rotatable bonds is 6. The molecule has 11 nitrogen and oxygen atoms in total. The van der Waals surface area contributed by atoms with Crippen molar-refractivity contribution in [3.05, 3.63) is 59.6 Å². The lowest BCUT2D eigenvalue weighted by atomic mass is 10.0. The average molecular weight is 552 g/mol. The molecule has 0 unspecified atom stereocenters. The lowest BCUT2D eigenvalue weighted by Crippen LogP contribution is -2.42. The molecule has 1 aliphatic heterocycles. The minimum atomic E-state index is -0.533. The van der Waals surface area contributed by atoms with Gasteiger partial charge in [0.1, 0.15) is 34.5 Å². The molecule has 4 aromatic rings. The zero-order valence-electron chi connectivity index (χ0n) is 23.3. The van der Waals surface area contributed by atoms with E-state index in [1.807, 2.05) is 51.6 Å². The highest BCUT2D eigenvalue weighted by Gasteiger charge is 2.29. The summed E-state index contributed by atoms with van der Waals surface area (Å²) >= 11 is 0. The number of likely N-dealkylation sites (tertiary alicyclic amines) is 1. The number of amides is 1. The van der Waals surface area contributed by atoms with Crippen molar-refractivity contribution in [3.8, 4) is 17.0 Å². The van der Waals surface area contributed by atoms with Crippen LogP contribution in [0.2, 0.25) is 0 Å². The summed E-state index contributed by atoms with van der Waals surface area (Å²) in [6.45, 7) is 10.3. The van der Waals surface area contributed by atoms with Crippen molar-refractivity contribution in [2.45, 2.75) is 71.8 Å². The summed E-state index contributed by atoms with van der Waals surface area (Å²) in [7, 11) is 0. The molecule has 5 rings (SSSR count). The molecule has 1 atom stereocenters. The van der Waals surface area contributed by atoms with Gasteiger partial charge in [0.25, 0.3) is 0 Å². The van der Waals surface area contributed by atoms with Gasteiger partial charge in [0.2, 0.25) is 0 Å². The Bertz CT molecular complexity index is 1500. The Kier molecular flexibility index (Phi) is 7.45. The third kappa shape index (κ3) is 5.62. The highest BCUT2D eigenvalue weighted by molar-refractivity contribution is 5.72. The number of aliphatic hydroxyl groups excluding tert-OH is 1. The summed E-state index contributed by atoms with van der Waals surface area (Å²) in [6, 6.07) is 4.86. The van der Waals surface area contributed by atoms with Crippen molar-refractivity contribution in [3.63, 3.8) is 0 Å². The predicted molar refractivity (Wildman–Crippen MR) is 144 cm³/mol. The fourth-order valence-electron chi connectivity index (χ4n) is 4.93. The van der Waals surface area contributed by atoms with Gasteiger partial charge in [-0.3, -0.25) is 4.98 Å². The predicted octanol–water partition coefficient (Wildman–Crippen LogP) is 4.64. The van der Waals surface area contributed by atoms with E-state index < -0.39 is 17.5 Å². The molecule has 1 saturated heterocycles. The van der Waals surface area contributed by atoms with Gasteiger partial charge >= 0.3 is 6.09 Å². The van der Waals surface area contributed by atoms with Gasteiger partial charge in [0.05, 0.1) is 36.4 Å². The number of carbonyl (C=O) groups is 1. The smallest absolute Gasteiger partial charge is 0.410 e. The molecular formula is C28H34FN7O4. The molecule has 0 aliphatic carbocycles. The van der Waals surface area contributed by atoms with E-state index in [-0.39, 0.29) is 18.7 Å². The van der Waals surface area contributed by atoms with Gasteiger partial charge in [0, 0.05) is 30.4 Å². The van der Waals surface area contributed by atoms with Crippen LogP contribution in [-0.4, -0.2) is 64.4 Å². The summed E-state index contributed by atoms with van der Waals surface area (Å²) in [5.41, 5.74) is 3.56. The Morgan fingerprint density at radius 1 is 1.23 bits per heavy atom. The fraction of sp³-hybridized carbons (Fsp3) is 0.464. The van der Waals surface area contributed by atoms with Crippen molar-refractivity contribution < 1.29 is 23.8 Å². The molecule has 4 aromatic heterocycles.